The van der Waals surface area contributed by atoms with Crippen LogP contribution in [0.2, 0.25) is 0 Å². The molecule has 0 amide bonds. The molecule has 0 unspecified atom stereocenters. The van der Waals surface area contributed by atoms with Crippen molar-refractivity contribution in [3.63, 3.8) is 0 Å². The number of rotatable bonds is 3. The van der Waals surface area contributed by atoms with Crippen molar-refractivity contribution in [1.29, 1.82) is 0 Å². The van der Waals surface area contributed by atoms with Crippen LogP contribution in [0.1, 0.15) is 0 Å². The molecule has 0 aliphatic rings. The zero-order chi connectivity index (χ0) is 15.0. The van der Waals surface area contributed by atoms with E-state index in [1.165, 1.54) is 34.8 Å². The summed E-state index contributed by atoms with van der Waals surface area (Å²) < 4.78 is 1.48. The van der Waals surface area contributed by atoms with Crippen molar-refractivity contribution in [3.8, 4) is 5.69 Å². The Hall–Kier alpha value is -2.68. The molecule has 2 aromatic heterocycles. The summed E-state index contributed by atoms with van der Waals surface area (Å²) >= 11 is 1.31. The Morgan fingerprint density at radius 3 is 2.67 bits per heavy atom. The van der Waals surface area contributed by atoms with Crippen LogP contribution in [0, 0.1) is 10.1 Å². The van der Waals surface area contributed by atoms with E-state index in [1.807, 2.05) is 0 Å². The van der Waals surface area contributed by atoms with Gasteiger partial charge in [0.2, 0.25) is 0 Å². The highest BCUT2D eigenvalue weighted by atomic mass is 32.2. The van der Waals surface area contributed by atoms with E-state index in [1.54, 1.807) is 18.4 Å². The number of H-pyrrole nitrogens is 1. The molecule has 0 aliphatic carbocycles. The van der Waals surface area contributed by atoms with Gasteiger partial charge in [0.25, 0.3) is 11.2 Å². The van der Waals surface area contributed by atoms with Gasteiger partial charge in [0.1, 0.15) is 5.39 Å². The van der Waals surface area contributed by atoms with Gasteiger partial charge in [-0.1, -0.05) is 11.8 Å². The van der Waals surface area contributed by atoms with Crippen molar-refractivity contribution in [2.24, 2.45) is 0 Å². The molecule has 0 saturated heterocycles. The summed E-state index contributed by atoms with van der Waals surface area (Å²) in [4.78, 5) is 29.0. The summed E-state index contributed by atoms with van der Waals surface area (Å²) in [6.45, 7) is 0. The van der Waals surface area contributed by atoms with Crippen LogP contribution in [0.5, 0.6) is 0 Å². The minimum absolute atomic E-state index is 0.00850. The molecule has 0 aliphatic heterocycles. The fourth-order valence-corrected chi connectivity index (χ4v) is 2.27. The summed E-state index contributed by atoms with van der Waals surface area (Å²) in [5.74, 6) is 0. The molecule has 1 N–H and O–H groups in total. The van der Waals surface area contributed by atoms with E-state index >= 15 is 0 Å². The van der Waals surface area contributed by atoms with Crippen molar-refractivity contribution >= 4 is 28.5 Å². The molecular weight excluding hydrogens is 294 g/mol. The number of aromatic amines is 1. The van der Waals surface area contributed by atoms with E-state index in [9.17, 15) is 14.9 Å². The number of benzene rings is 1. The average molecular weight is 303 g/mol. The molecule has 106 valence electrons. The van der Waals surface area contributed by atoms with E-state index in [2.05, 4.69) is 15.1 Å². The van der Waals surface area contributed by atoms with E-state index in [0.29, 0.717) is 21.9 Å². The molecule has 2 heterocycles. The lowest BCUT2D eigenvalue weighted by molar-refractivity contribution is -0.384. The monoisotopic (exact) mass is 303 g/mol. The predicted octanol–water partition coefficient (Wildman–Crippen LogP) is 1.74. The zero-order valence-electron chi connectivity index (χ0n) is 10.8. The Morgan fingerprint density at radius 1 is 1.33 bits per heavy atom. The molecule has 8 nitrogen and oxygen atoms in total. The first-order valence-electron chi connectivity index (χ1n) is 5.87. The zero-order valence-corrected chi connectivity index (χ0v) is 11.6. The predicted molar refractivity (Wildman–Crippen MR) is 77.9 cm³/mol. The van der Waals surface area contributed by atoms with E-state index in [4.69, 9.17) is 0 Å². The summed E-state index contributed by atoms with van der Waals surface area (Å²) in [5.41, 5.74) is 0.737. The molecule has 3 aromatic rings. The summed E-state index contributed by atoms with van der Waals surface area (Å²) in [6.07, 6.45) is 3.23. The van der Waals surface area contributed by atoms with Gasteiger partial charge in [0.15, 0.2) is 10.8 Å². The molecule has 9 heteroatoms. The van der Waals surface area contributed by atoms with E-state index < -0.39 is 4.92 Å². The first-order valence-corrected chi connectivity index (χ1v) is 7.09. The lowest BCUT2D eigenvalue weighted by Gasteiger charge is -2.03. The smallest absolute Gasteiger partial charge is 0.269 e. The summed E-state index contributed by atoms with van der Waals surface area (Å²) in [7, 11) is 0. The Balaban J connectivity index is 2.18. The maximum atomic E-state index is 11.9. The third kappa shape index (κ3) is 2.27. The lowest BCUT2D eigenvalue weighted by Crippen LogP contribution is -2.09. The lowest BCUT2D eigenvalue weighted by atomic mass is 10.3. The fraction of sp³-hybridized carbons (Fsp3) is 0.0833. The van der Waals surface area contributed by atoms with Crippen LogP contribution < -0.4 is 5.56 Å². The number of aromatic nitrogens is 4. The first kappa shape index (κ1) is 13.3. The third-order valence-electron chi connectivity index (χ3n) is 2.91. The van der Waals surface area contributed by atoms with Crippen LogP contribution in [0.4, 0.5) is 5.69 Å². The molecule has 0 saturated carbocycles. The SMILES string of the molecule is CSc1nc2c(cnn2-c2ccc([N+](=O)[O-])cc2)c(=O)[nH]1. The summed E-state index contributed by atoms with van der Waals surface area (Å²) in [6, 6.07) is 5.88. The van der Waals surface area contributed by atoms with Crippen molar-refractivity contribution in [1.82, 2.24) is 19.7 Å². The molecule has 0 bridgehead atoms. The quantitative estimate of drug-likeness (QED) is 0.342. The van der Waals surface area contributed by atoms with Gasteiger partial charge in [-0.3, -0.25) is 14.9 Å². The maximum Gasteiger partial charge on any atom is 0.269 e. The standard InChI is InChI=1S/C12H9N5O3S/c1-21-12-14-10-9(11(18)15-12)6-13-16(10)7-2-4-8(5-3-7)17(19)20/h2-6H,1H3,(H,14,15,18). The number of thioether (sulfide) groups is 1. The molecule has 0 spiro atoms. The minimum atomic E-state index is -0.472. The molecular formula is C12H9N5O3S. The Kier molecular flexibility index (Phi) is 3.18. The molecule has 3 rings (SSSR count). The Labute approximate surface area is 122 Å². The van der Waals surface area contributed by atoms with E-state index in [0.717, 1.165) is 0 Å². The fourth-order valence-electron chi connectivity index (χ4n) is 1.90. The van der Waals surface area contributed by atoms with E-state index in [-0.39, 0.29) is 11.2 Å². The number of nitro groups is 1. The van der Waals surface area contributed by atoms with Crippen LogP contribution >= 0.6 is 11.8 Å². The normalized spacial score (nSPS) is 10.9. The summed E-state index contributed by atoms with van der Waals surface area (Å²) in [5, 5.41) is 15.6. The van der Waals surface area contributed by atoms with Gasteiger partial charge in [0.05, 0.1) is 16.8 Å². The maximum absolute atomic E-state index is 11.9. The van der Waals surface area contributed by atoms with Crippen molar-refractivity contribution < 1.29 is 4.92 Å². The largest absolute Gasteiger partial charge is 0.301 e. The van der Waals surface area contributed by atoms with Crippen LogP contribution in [-0.2, 0) is 0 Å². The number of nitrogens with one attached hydrogen (secondary N) is 1. The van der Waals surface area contributed by atoms with Crippen molar-refractivity contribution in [3.05, 3.63) is 50.9 Å². The number of nitro benzene ring substituents is 1. The number of nitrogens with zero attached hydrogens (tertiary/aromatic N) is 4. The molecule has 1 aromatic carbocycles. The van der Waals surface area contributed by atoms with Gasteiger partial charge in [-0.05, 0) is 18.4 Å². The second kappa shape index (κ2) is 5.02. The van der Waals surface area contributed by atoms with Crippen molar-refractivity contribution in [2.45, 2.75) is 5.16 Å². The second-order valence-electron chi connectivity index (χ2n) is 4.14. The first-order chi connectivity index (χ1) is 10.1. The third-order valence-corrected chi connectivity index (χ3v) is 3.49. The van der Waals surface area contributed by atoms with Gasteiger partial charge in [-0.25, -0.2) is 9.67 Å². The molecule has 0 radical (unpaired) electrons. The number of hydrogen-bond donors (Lipinski definition) is 1. The average Bonchev–Trinajstić information content (AvgIpc) is 2.91. The topological polar surface area (TPSA) is 107 Å². The number of hydrogen-bond acceptors (Lipinski definition) is 6. The minimum Gasteiger partial charge on any atom is -0.301 e. The van der Waals surface area contributed by atoms with Gasteiger partial charge in [-0.2, -0.15) is 5.10 Å². The Bertz CT molecular complexity index is 884. The second-order valence-corrected chi connectivity index (χ2v) is 4.94. The highest BCUT2D eigenvalue weighted by Gasteiger charge is 2.12. The van der Waals surface area contributed by atoms with Gasteiger partial charge < -0.3 is 4.98 Å². The molecule has 0 atom stereocenters. The molecule has 21 heavy (non-hydrogen) atoms. The van der Waals surface area contributed by atoms with Crippen LogP contribution in [-0.4, -0.2) is 30.9 Å². The Morgan fingerprint density at radius 2 is 2.05 bits per heavy atom. The highest BCUT2D eigenvalue weighted by Crippen LogP contribution is 2.19. The number of fused-ring (bicyclic) bond motifs is 1. The van der Waals surface area contributed by atoms with Crippen molar-refractivity contribution in [2.75, 3.05) is 6.26 Å². The van der Waals surface area contributed by atoms with Gasteiger partial charge >= 0.3 is 0 Å². The van der Waals surface area contributed by atoms with Crippen LogP contribution in [0.25, 0.3) is 16.7 Å². The van der Waals surface area contributed by atoms with Crippen LogP contribution in [0.3, 0.4) is 0 Å². The van der Waals surface area contributed by atoms with Gasteiger partial charge in [0, 0.05) is 12.1 Å². The van der Waals surface area contributed by atoms with Crippen LogP contribution in [0.15, 0.2) is 40.4 Å². The van der Waals surface area contributed by atoms with Gasteiger partial charge in [-0.15, -0.1) is 0 Å². The molecule has 0 fully saturated rings. The highest BCUT2D eigenvalue weighted by molar-refractivity contribution is 7.98. The number of non-ortho nitro benzene ring substituents is 1.